The maximum atomic E-state index is 12.2. The number of rotatable bonds is 9. The van der Waals surface area contributed by atoms with Gasteiger partial charge in [-0.2, -0.15) is 0 Å². The number of carbonyl (C=O) groups excluding carboxylic acids is 1. The second kappa shape index (κ2) is 14.6. The van der Waals surface area contributed by atoms with Crippen LogP contribution in [0.25, 0.3) is 0 Å². The number of aliphatic hydroxyl groups excluding tert-OH is 2. The molecule has 252 valence electrons. The van der Waals surface area contributed by atoms with Crippen LogP contribution in [0.3, 0.4) is 0 Å². The molecule has 2 aliphatic carbocycles. The molecule has 2 saturated heterocycles. The topological polar surface area (TPSA) is 124 Å². The van der Waals surface area contributed by atoms with Crippen LogP contribution in [0.15, 0.2) is 18.2 Å². The molecule has 5 rings (SSSR count). The minimum Gasteiger partial charge on any atom is -0.394 e. The van der Waals surface area contributed by atoms with E-state index in [-0.39, 0.29) is 41.9 Å². The Labute approximate surface area is 270 Å². The summed E-state index contributed by atoms with van der Waals surface area (Å²) in [5, 5.41) is 19.0. The highest BCUT2D eigenvalue weighted by molar-refractivity contribution is 5.85. The second-order valence-corrected chi connectivity index (χ2v) is 14.5. The molecule has 44 heavy (non-hydrogen) atoms. The zero-order chi connectivity index (χ0) is 31.7. The summed E-state index contributed by atoms with van der Waals surface area (Å²) >= 11 is 0. The molecule has 1 saturated carbocycles. The van der Waals surface area contributed by atoms with E-state index in [1.54, 1.807) is 0 Å². The quantitative estimate of drug-likeness (QED) is 0.342. The molecule has 8 unspecified atom stereocenters. The molecule has 2 aliphatic heterocycles. The molecule has 1 aromatic carbocycles. The average molecular weight is 641 g/mol. The Hall–Kier alpha value is -1.30. The molecular weight excluding hydrogens is 584 g/mol. The van der Waals surface area contributed by atoms with Gasteiger partial charge in [0.2, 0.25) is 5.91 Å². The summed E-state index contributed by atoms with van der Waals surface area (Å²) in [5.41, 5.74) is 9.97. The van der Waals surface area contributed by atoms with E-state index in [0.717, 1.165) is 38.6 Å². The number of hydrogen-bond donors (Lipinski definition) is 3. The van der Waals surface area contributed by atoms with E-state index in [9.17, 15) is 9.90 Å². The number of halogens is 1. The van der Waals surface area contributed by atoms with Gasteiger partial charge in [0.25, 0.3) is 0 Å². The summed E-state index contributed by atoms with van der Waals surface area (Å²) in [6.07, 6.45) is 3.22. The SMILES string of the molecule is CC(C)c1ccc2c(c1)CCC1C(C)(C(N)=O)CCCC21C.CN(C)CCCOC1C(C(O)CO)OC2OC(C)(C)OC21.Cl. The van der Waals surface area contributed by atoms with Gasteiger partial charge >= 0.3 is 0 Å². The molecule has 8 atom stereocenters. The Balaban J connectivity index is 0.000000235. The van der Waals surface area contributed by atoms with Gasteiger partial charge in [-0.05, 0) is 101 Å². The standard InChI is InChI=1S/C20H29NO.C14H27NO6.ClH/c1-13(2)14-6-8-16-15(12-14)7-9-17-19(16,3)10-5-11-20(17,4)18(21)22;1-14(2)20-12-11(18-7-5-6-15(3)4)10(9(17)8-16)19-13(12)21-14;/h6,8,12-13,17H,5,7,9-11H2,1-4H3,(H2,21,22);9-13,16-17H,5-8H2,1-4H3;1H. The minimum absolute atomic E-state index is 0. The summed E-state index contributed by atoms with van der Waals surface area (Å²) in [5.74, 6) is 0.114. The first kappa shape index (κ1) is 37.2. The number of nitrogens with two attached hydrogens (primary N) is 1. The number of aryl methyl sites for hydroxylation is 1. The predicted molar refractivity (Wildman–Crippen MR) is 173 cm³/mol. The smallest absolute Gasteiger partial charge is 0.223 e. The van der Waals surface area contributed by atoms with Crippen LogP contribution in [-0.2, 0) is 35.6 Å². The summed E-state index contributed by atoms with van der Waals surface area (Å²) in [7, 11) is 4.01. The van der Waals surface area contributed by atoms with Crippen molar-refractivity contribution in [2.24, 2.45) is 17.1 Å². The van der Waals surface area contributed by atoms with E-state index in [2.05, 4.69) is 50.8 Å². The van der Waals surface area contributed by atoms with Crippen LogP contribution in [0.1, 0.15) is 96.3 Å². The van der Waals surface area contributed by atoms with E-state index in [4.69, 9.17) is 29.8 Å². The van der Waals surface area contributed by atoms with Crippen molar-refractivity contribution in [1.82, 2.24) is 4.90 Å². The van der Waals surface area contributed by atoms with Crippen LogP contribution >= 0.6 is 12.4 Å². The number of hydrogen-bond acceptors (Lipinski definition) is 8. The first-order chi connectivity index (χ1) is 20.1. The van der Waals surface area contributed by atoms with E-state index < -0.39 is 30.4 Å². The number of primary amides is 1. The lowest BCUT2D eigenvalue weighted by atomic mass is 9.49. The molecule has 9 nitrogen and oxygen atoms in total. The molecule has 4 N–H and O–H groups in total. The Morgan fingerprint density at radius 2 is 1.86 bits per heavy atom. The number of aliphatic hydroxyl groups is 2. The number of carbonyl (C=O) groups is 1. The highest BCUT2D eigenvalue weighted by atomic mass is 35.5. The van der Waals surface area contributed by atoms with E-state index >= 15 is 0 Å². The highest BCUT2D eigenvalue weighted by Crippen LogP contribution is 2.57. The molecule has 0 aromatic heterocycles. The Kier molecular flexibility index (Phi) is 12.4. The molecule has 10 heteroatoms. The number of amides is 1. The first-order valence-electron chi connectivity index (χ1n) is 16.1. The van der Waals surface area contributed by atoms with Gasteiger partial charge in [-0.25, -0.2) is 0 Å². The van der Waals surface area contributed by atoms with Gasteiger partial charge in [0, 0.05) is 12.0 Å². The minimum atomic E-state index is -1.01. The van der Waals surface area contributed by atoms with Gasteiger partial charge < -0.3 is 39.8 Å². The van der Waals surface area contributed by atoms with Crippen molar-refractivity contribution >= 4 is 18.3 Å². The highest BCUT2D eigenvalue weighted by Gasteiger charge is 2.57. The Bertz CT molecular complexity index is 1120. The first-order valence-corrected chi connectivity index (χ1v) is 16.1. The number of benzene rings is 1. The zero-order valence-electron chi connectivity index (χ0n) is 28.0. The monoisotopic (exact) mass is 640 g/mol. The molecule has 0 spiro atoms. The maximum Gasteiger partial charge on any atom is 0.223 e. The number of ether oxygens (including phenoxy) is 4. The van der Waals surface area contributed by atoms with Crippen LogP contribution < -0.4 is 5.73 Å². The molecular formula is C34H57ClN2O7. The van der Waals surface area contributed by atoms with Gasteiger partial charge in [-0.15, -0.1) is 12.4 Å². The van der Waals surface area contributed by atoms with E-state index in [0.29, 0.717) is 18.4 Å². The van der Waals surface area contributed by atoms with Crippen molar-refractivity contribution in [2.75, 3.05) is 33.9 Å². The lowest BCUT2D eigenvalue weighted by Gasteiger charge is -2.54. The van der Waals surface area contributed by atoms with Crippen LogP contribution in [0.2, 0.25) is 0 Å². The fourth-order valence-electron chi connectivity index (χ4n) is 7.87. The largest absolute Gasteiger partial charge is 0.394 e. The molecule has 0 radical (unpaired) electrons. The van der Waals surface area contributed by atoms with Crippen molar-refractivity contribution in [1.29, 1.82) is 0 Å². The molecule has 0 bridgehead atoms. The van der Waals surface area contributed by atoms with Crippen molar-refractivity contribution < 1.29 is 34.0 Å². The average Bonchev–Trinajstić information content (AvgIpc) is 3.42. The predicted octanol–water partition coefficient (Wildman–Crippen LogP) is 4.28. The van der Waals surface area contributed by atoms with Gasteiger partial charge in [-0.3, -0.25) is 4.79 Å². The van der Waals surface area contributed by atoms with Crippen LogP contribution in [-0.4, -0.2) is 91.4 Å². The summed E-state index contributed by atoms with van der Waals surface area (Å²) in [4.78, 5) is 14.2. The summed E-state index contributed by atoms with van der Waals surface area (Å²) in [6.45, 7) is 13.7. The molecule has 3 fully saturated rings. The summed E-state index contributed by atoms with van der Waals surface area (Å²) < 4.78 is 23.0. The van der Waals surface area contributed by atoms with Gasteiger partial charge in [0.05, 0.1) is 6.61 Å². The van der Waals surface area contributed by atoms with Crippen molar-refractivity contribution in [2.45, 2.75) is 128 Å². The third-order valence-electron chi connectivity index (χ3n) is 10.3. The Morgan fingerprint density at radius 1 is 1.16 bits per heavy atom. The van der Waals surface area contributed by atoms with Crippen molar-refractivity contribution in [3.63, 3.8) is 0 Å². The van der Waals surface area contributed by atoms with Gasteiger partial charge in [0.1, 0.15) is 24.4 Å². The van der Waals surface area contributed by atoms with Crippen LogP contribution in [0.5, 0.6) is 0 Å². The van der Waals surface area contributed by atoms with Crippen LogP contribution in [0, 0.1) is 11.3 Å². The van der Waals surface area contributed by atoms with Crippen molar-refractivity contribution in [3.8, 4) is 0 Å². The van der Waals surface area contributed by atoms with E-state index in [1.807, 2.05) is 27.9 Å². The molecule has 2 heterocycles. The fraction of sp³-hybridized carbons (Fsp3) is 0.794. The third kappa shape index (κ3) is 7.63. The second-order valence-electron chi connectivity index (χ2n) is 14.5. The lowest BCUT2D eigenvalue weighted by molar-refractivity contribution is -0.231. The number of fused-ring (bicyclic) bond motifs is 4. The fourth-order valence-corrected chi connectivity index (χ4v) is 7.87. The Morgan fingerprint density at radius 3 is 2.48 bits per heavy atom. The zero-order valence-corrected chi connectivity index (χ0v) is 28.8. The van der Waals surface area contributed by atoms with Crippen LogP contribution in [0.4, 0.5) is 0 Å². The third-order valence-corrected chi connectivity index (χ3v) is 10.3. The van der Waals surface area contributed by atoms with Gasteiger partial charge in [0.15, 0.2) is 12.1 Å². The normalized spacial score (nSPS) is 34.3. The van der Waals surface area contributed by atoms with E-state index in [1.165, 1.54) is 23.1 Å². The molecule has 1 aromatic rings. The molecule has 4 aliphatic rings. The number of nitrogens with zero attached hydrogens (tertiary/aromatic N) is 1. The summed E-state index contributed by atoms with van der Waals surface area (Å²) in [6, 6.07) is 7.02. The maximum absolute atomic E-state index is 12.2. The van der Waals surface area contributed by atoms with Crippen molar-refractivity contribution in [3.05, 3.63) is 34.9 Å². The lowest BCUT2D eigenvalue weighted by Crippen LogP contribution is -2.54. The van der Waals surface area contributed by atoms with Gasteiger partial charge in [-0.1, -0.05) is 52.3 Å². The molecule has 1 amide bonds.